The van der Waals surface area contributed by atoms with Gasteiger partial charge >= 0.3 is 0 Å². The number of hydrogen-bond donors (Lipinski definition) is 0. The Balaban J connectivity index is 3.07. The van der Waals surface area contributed by atoms with Gasteiger partial charge in [-0.25, -0.2) is 0 Å². The third-order valence-electron chi connectivity index (χ3n) is 2.62. The van der Waals surface area contributed by atoms with Crippen LogP contribution in [0.4, 0.5) is 0 Å². The Morgan fingerprint density at radius 1 is 1.05 bits per heavy atom. The predicted molar refractivity (Wildman–Crippen MR) is 73.0 cm³/mol. The summed E-state index contributed by atoms with van der Waals surface area (Å²) in [7, 11) is 0. The third kappa shape index (κ3) is 4.09. The summed E-state index contributed by atoms with van der Waals surface area (Å²) in [5, 5.41) is 0. The van der Waals surface area contributed by atoms with E-state index in [-0.39, 0.29) is 18.0 Å². The lowest BCUT2D eigenvalue weighted by molar-refractivity contribution is -0.117. The molecule has 0 aromatic heterocycles. The normalized spacial score (nSPS) is 10.1. The van der Waals surface area contributed by atoms with Crippen LogP contribution in [0.5, 0.6) is 11.5 Å². The Hall–Kier alpha value is -1.84. The number of carbonyl (C=O) groups excluding carboxylic acids is 2. The van der Waals surface area contributed by atoms with E-state index in [2.05, 4.69) is 0 Å². The number of ether oxygens (including phenoxy) is 2. The van der Waals surface area contributed by atoms with Crippen LogP contribution < -0.4 is 9.47 Å². The van der Waals surface area contributed by atoms with Crippen molar-refractivity contribution in [2.45, 2.75) is 33.6 Å². The predicted octanol–water partition coefficient (Wildman–Crippen LogP) is 3.04. The van der Waals surface area contributed by atoms with Gasteiger partial charge in [0.15, 0.2) is 17.3 Å². The molecule has 0 saturated carbocycles. The Kier molecular flexibility index (Phi) is 6.06. The number of para-hydroxylation sites is 1. The van der Waals surface area contributed by atoms with Gasteiger partial charge < -0.3 is 9.47 Å². The molecule has 0 amide bonds. The highest BCUT2D eigenvalue weighted by Gasteiger charge is 2.18. The molecule has 1 aromatic rings. The standard InChI is InChI=1S/C15H20O4/c1-4-11(16)10-13(17)12-8-7-9-14(18-5-2)15(12)19-6-3/h7-9H,4-6,10H2,1-3H3. The van der Waals surface area contributed by atoms with Gasteiger partial charge in [0, 0.05) is 6.42 Å². The lowest BCUT2D eigenvalue weighted by Gasteiger charge is -2.14. The number of benzene rings is 1. The van der Waals surface area contributed by atoms with Gasteiger partial charge in [0.1, 0.15) is 5.78 Å². The van der Waals surface area contributed by atoms with Crippen LogP contribution in [0.25, 0.3) is 0 Å². The summed E-state index contributed by atoms with van der Waals surface area (Å²) in [4.78, 5) is 23.5. The zero-order valence-electron chi connectivity index (χ0n) is 11.7. The summed E-state index contributed by atoms with van der Waals surface area (Å²) in [5.41, 5.74) is 0.412. The second kappa shape index (κ2) is 7.56. The van der Waals surface area contributed by atoms with Crippen molar-refractivity contribution in [2.24, 2.45) is 0 Å². The minimum atomic E-state index is -0.225. The van der Waals surface area contributed by atoms with Gasteiger partial charge in [-0.2, -0.15) is 0 Å². The Labute approximate surface area is 113 Å². The van der Waals surface area contributed by atoms with Crippen LogP contribution in [0.1, 0.15) is 44.0 Å². The molecule has 0 unspecified atom stereocenters. The second-order valence-electron chi connectivity index (χ2n) is 3.99. The van der Waals surface area contributed by atoms with E-state index < -0.39 is 0 Å². The summed E-state index contributed by atoms with van der Waals surface area (Å²) >= 11 is 0. The van der Waals surface area contributed by atoms with Gasteiger partial charge in [-0.05, 0) is 26.0 Å². The molecule has 4 nitrogen and oxygen atoms in total. The van der Waals surface area contributed by atoms with Gasteiger partial charge in [0.2, 0.25) is 0 Å². The number of hydrogen-bond acceptors (Lipinski definition) is 4. The van der Waals surface area contributed by atoms with Crippen LogP contribution in [0.3, 0.4) is 0 Å². The molecule has 19 heavy (non-hydrogen) atoms. The number of carbonyl (C=O) groups is 2. The highest BCUT2D eigenvalue weighted by molar-refractivity contribution is 6.09. The summed E-state index contributed by atoms with van der Waals surface area (Å²) in [6.07, 6.45) is 0.271. The number of ketones is 2. The maximum atomic E-state index is 12.1. The summed E-state index contributed by atoms with van der Waals surface area (Å²) in [6.45, 7) is 6.38. The number of Topliss-reactive ketones (excluding diaryl/α,β-unsaturated/α-hetero) is 2. The Bertz CT molecular complexity index is 451. The zero-order valence-corrected chi connectivity index (χ0v) is 11.7. The molecule has 4 heteroatoms. The van der Waals surface area contributed by atoms with Gasteiger partial charge in [0.05, 0.1) is 25.2 Å². The fourth-order valence-corrected chi connectivity index (χ4v) is 1.70. The van der Waals surface area contributed by atoms with Crippen LogP contribution >= 0.6 is 0 Å². The van der Waals surface area contributed by atoms with Crippen molar-refractivity contribution in [1.29, 1.82) is 0 Å². The van der Waals surface area contributed by atoms with Gasteiger partial charge in [-0.1, -0.05) is 13.0 Å². The molecule has 0 bridgehead atoms. The minimum Gasteiger partial charge on any atom is -0.490 e. The van der Waals surface area contributed by atoms with Crippen molar-refractivity contribution in [2.75, 3.05) is 13.2 Å². The molecular weight excluding hydrogens is 244 g/mol. The lowest BCUT2D eigenvalue weighted by Crippen LogP contribution is -2.10. The largest absolute Gasteiger partial charge is 0.490 e. The van der Waals surface area contributed by atoms with E-state index in [4.69, 9.17) is 9.47 Å². The Morgan fingerprint density at radius 2 is 1.74 bits per heavy atom. The molecule has 0 saturated heterocycles. The summed E-state index contributed by atoms with van der Waals surface area (Å²) in [6, 6.07) is 5.16. The van der Waals surface area contributed by atoms with Gasteiger partial charge in [0.25, 0.3) is 0 Å². The van der Waals surface area contributed by atoms with E-state index in [1.807, 2.05) is 13.8 Å². The molecule has 0 radical (unpaired) electrons. The Morgan fingerprint density at radius 3 is 2.32 bits per heavy atom. The van der Waals surface area contributed by atoms with Crippen LogP contribution in [-0.2, 0) is 4.79 Å². The number of rotatable bonds is 8. The first kappa shape index (κ1) is 15.2. The highest BCUT2D eigenvalue weighted by atomic mass is 16.5. The molecule has 1 rings (SSSR count). The maximum Gasteiger partial charge on any atom is 0.174 e. The van der Waals surface area contributed by atoms with E-state index in [9.17, 15) is 9.59 Å². The molecule has 0 aliphatic heterocycles. The summed E-state index contributed by atoms with van der Waals surface area (Å²) < 4.78 is 10.9. The van der Waals surface area contributed by atoms with Crippen molar-refractivity contribution >= 4 is 11.6 Å². The van der Waals surface area contributed by atoms with E-state index in [1.54, 1.807) is 25.1 Å². The molecule has 0 fully saturated rings. The van der Waals surface area contributed by atoms with Crippen LogP contribution in [0, 0.1) is 0 Å². The zero-order chi connectivity index (χ0) is 14.3. The molecule has 0 atom stereocenters. The van der Waals surface area contributed by atoms with E-state index in [1.165, 1.54) is 0 Å². The van der Waals surface area contributed by atoms with Crippen molar-refractivity contribution in [1.82, 2.24) is 0 Å². The smallest absolute Gasteiger partial charge is 0.174 e. The van der Waals surface area contributed by atoms with Crippen molar-refractivity contribution in [3.05, 3.63) is 23.8 Å². The van der Waals surface area contributed by atoms with Gasteiger partial charge in [-0.3, -0.25) is 9.59 Å². The molecule has 1 aromatic carbocycles. The van der Waals surface area contributed by atoms with E-state index >= 15 is 0 Å². The van der Waals surface area contributed by atoms with Crippen molar-refractivity contribution in [3.8, 4) is 11.5 Å². The molecule has 0 N–H and O–H groups in total. The average Bonchev–Trinajstić information content (AvgIpc) is 2.40. The lowest BCUT2D eigenvalue weighted by atomic mass is 10.0. The third-order valence-corrected chi connectivity index (χ3v) is 2.62. The topological polar surface area (TPSA) is 52.6 Å². The molecule has 0 aliphatic rings. The van der Waals surface area contributed by atoms with Gasteiger partial charge in [-0.15, -0.1) is 0 Å². The molecule has 104 valence electrons. The van der Waals surface area contributed by atoms with Crippen LogP contribution in [0.15, 0.2) is 18.2 Å². The first-order valence-corrected chi connectivity index (χ1v) is 6.57. The first-order chi connectivity index (χ1) is 9.13. The molecule has 0 heterocycles. The van der Waals surface area contributed by atoms with E-state index in [0.717, 1.165) is 0 Å². The van der Waals surface area contributed by atoms with Crippen molar-refractivity contribution in [3.63, 3.8) is 0 Å². The molecular formula is C15H20O4. The quantitative estimate of drug-likeness (QED) is 0.535. The molecule has 0 aliphatic carbocycles. The van der Waals surface area contributed by atoms with E-state index in [0.29, 0.717) is 36.7 Å². The second-order valence-corrected chi connectivity index (χ2v) is 3.99. The maximum absolute atomic E-state index is 12.1. The van der Waals surface area contributed by atoms with Crippen LogP contribution in [0.2, 0.25) is 0 Å². The fraction of sp³-hybridized carbons (Fsp3) is 0.467. The fourth-order valence-electron chi connectivity index (χ4n) is 1.70. The van der Waals surface area contributed by atoms with Crippen molar-refractivity contribution < 1.29 is 19.1 Å². The van der Waals surface area contributed by atoms with Crippen LogP contribution in [-0.4, -0.2) is 24.8 Å². The monoisotopic (exact) mass is 264 g/mol. The average molecular weight is 264 g/mol. The molecule has 0 spiro atoms. The SMILES string of the molecule is CCOc1cccc(C(=O)CC(=O)CC)c1OCC. The first-order valence-electron chi connectivity index (χ1n) is 6.57. The summed E-state index contributed by atoms with van der Waals surface area (Å²) in [5.74, 6) is 0.672. The highest BCUT2D eigenvalue weighted by Crippen LogP contribution is 2.32. The minimum absolute atomic E-state index is 0.0748.